The quantitative estimate of drug-likeness (QED) is 0.770. The fourth-order valence-corrected chi connectivity index (χ4v) is 2.29. The molecule has 25 heavy (non-hydrogen) atoms. The third kappa shape index (κ3) is 5.84. The first-order valence-corrected chi connectivity index (χ1v) is 7.97. The predicted octanol–water partition coefficient (Wildman–Crippen LogP) is 2.07. The van der Waals surface area contributed by atoms with Crippen LogP contribution in [0.3, 0.4) is 0 Å². The maximum Gasteiger partial charge on any atom is 0.258 e. The molecule has 6 heteroatoms. The van der Waals surface area contributed by atoms with Crippen LogP contribution in [0.5, 0.6) is 11.5 Å². The smallest absolute Gasteiger partial charge is 0.258 e. The topological polar surface area (TPSA) is 76.7 Å². The molecule has 0 bridgehead atoms. The van der Waals surface area contributed by atoms with Crippen molar-refractivity contribution in [2.45, 2.75) is 13.0 Å². The van der Waals surface area contributed by atoms with Gasteiger partial charge in [-0.15, -0.1) is 0 Å². The van der Waals surface area contributed by atoms with E-state index in [2.05, 4.69) is 10.6 Å². The highest BCUT2D eigenvalue weighted by molar-refractivity contribution is 5.85. The van der Waals surface area contributed by atoms with Gasteiger partial charge < -0.3 is 20.1 Å². The molecule has 0 spiro atoms. The minimum atomic E-state index is -0.357. The number of methoxy groups -OCH3 is 1. The van der Waals surface area contributed by atoms with Crippen LogP contribution in [0.15, 0.2) is 54.6 Å². The van der Waals surface area contributed by atoms with Crippen molar-refractivity contribution >= 4 is 11.8 Å². The van der Waals surface area contributed by atoms with Crippen LogP contribution < -0.4 is 20.1 Å². The zero-order chi connectivity index (χ0) is 18.1. The van der Waals surface area contributed by atoms with Crippen molar-refractivity contribution in [1.82, 2.24) is 10.6 Å². The lowest BCUT2D eigenvalue weighted by molar-refractivity contribution is -0.127. The van der Waals surface area contributed by atoms with Crippen LogP contribution in [-0.4, -0.2) is 32.1 Å². The van der Waals surface area contributed by atoms with Gasteiger partial charge >= 0.3 is 0 Å². The van der Waals surface area contributed by atoms with Crippen molar-refractivity contribution in [3.05, 3.63) is 60.2 Å². The van der Waals surface area contributed by atoms with E-state index in [9.17, 15) is 9.59 Å². The van der Waals surface area contributed by atoms with Gasteiger partial charge in [-0.3, -0.25) is 9.59 Å². The number of amides is 2. The summed E-state index contributed by atoms with van der Waals surface area (Å²) in [4.78, 5) is 23.7. The van der Waals surface area contributed by atoms with E-state index in [0.717, 1.165) is 5.56 Å². The van der Waals surface area contributed by atoms with Crippen molar-refractivity contribution in [2.24, 2.45) is 0 Å². The predicted molar refractivity (Wildman–Crippen MR) is 94.5 cm³/mol. The normalized spacial score (nSPS) is 11.3. The average molecular weight is 342 g/mol. The molecule has 0 fully saturated rings. The number of benzene rings is 2. The van der Waals surface area contributed by atoms with Gasteiger partial charge in [-0.2, -0.15) is 0 Å². The molecule has 2 amide bonds. The second-order valence-electron chi connectivity index (χ2n) is 5.41. The first kappa shape index (κ1) is 18.3. The highest BCUT2D eigenvalue weighted by Crippen LogP contribution is 2.24. The van der Waals surface area contributed by atoms with Gasteiger partial charge in [0.2, 0.25) is 5.91 Å². The molecule has 2 N–H and O–H groups in total. The maximum absolute atomic E-state index is 12.0. The van der Waals surface area contributed by atoms with Crippen LogP contribution in [0.25, 0.3) is 0 Å². The standard InChI is InChI=1S/C19H22N2O4/c1-14(16-10-6-7-11-17(16)24-2)21-18(22)12-20-19(23)13-25-15-8-4-3-5-9-15/h3-11,14H,12-13H2,1-2H3,(H,20,23)(H,21,22)/t14-/m0/s1. The monoisotopic (exact) mass is 342 g/mol. The third-order valence-corrected chi connectivity index (χ3v) is 3.54. The Morgan fingerprint density at radius 3 is 2.40 bits per heavy atom. The molecule has 2 aromatic carbocycles. The van der Waals surface area contributed by atoms with Crippen molar-refractivity contribution in [2.75, 3.05) is 20.3 Å². The van der Waals surface area contributed by atoms with E-state index in [4.69, 9.17) is 9.47 Å². The number of para-hydroxylation sites is 2. The molecule has 132 valence electrons. The molecular weight excluding hydrogens is 320 g/mol. The van der Waals surface area contributed by atoms with Crippen LogP contribution in [0.1, 0.15) is 18.5 Å². The summed E-state index contributed by atoms with van der Waals surface area (Å²) >= 11 is 0. The molecule has 0 aromatic heterocycles. The molecule has 2 rings (SSSR count). The third-order valence-electron chi connectivity index (χ3n) is 3.54. The number of hydrogen-bond donors (Lipinski definition) is 2. The highest BCUT2D eigenvalue weighted by Gasteiger charge is 2.14. The van der Waals surface area contributed by atoms with Gasteiger partial charge in [0.05, 0.1) is 19.7 Å². The number of ether oxygens (including phenoxy) is 2. The summed E-state index contributed by atoms with van der Waals surface area (Å²) in [5.41, 5.74) is 0.872. The fraction of sp³-hybridized carbons (Fsp3) is 0.263. The van der Waals surface area contributed by atoms with E-state index in [1.165, 1.54) is 0 Å². The highest BCUT2D eigenvalue weighted by atomic mass is 16.5. The molecule has 0 aliphatic heterocycles. The lowest BCUT2D eigenvalue weighted by atomic mass is 10.1. The summed E-state index contributed by atoms with van der Waals surface area (Å²) < 4.78 is 10.6. The van der Waals surface area contributed by atoms with Gasteiger partial charge in [0.15, 0.2) is 6.61 Å². The lowest BCUT2D eigenvalue weighted by Crippen LogP contribution is -2.39. The van der Waals surface area contributed by atoms with E-state index < -0.39 is 0 Å². The number of carbonyl (C=O) groups is 2. The van der Waals surface area contributed by atoms with Gasteiger partial charge in [-0.25, -0.2) is 0 Å². The molecule has 0 aliphatic rings. The van der Waals surface area contributed by atoms with Crippen molar-refractivity contribution < 1.29 is 19.1 Å². The molecule has 1 atom stereocenters. The minimum absolute atomic E-state index is 0.115. The Morgan fingerprint density at radius 2 is 1.68 bits per heavy atom. The molecular formula is C19H22N2O4. The fourth-order valence-electron chi connectivity index (χ4n) is 2.29. The van der Waals surface area contributed by atoms with E-state index >= 15 is 0 Å². The number of rotatable bonds is 8. The Bertz CT molecular complexity index is 704. The Morgan fingerprint density at radius 1 is 1.00 bits per heavy atom. The van der Waals surface area contributed by atoms with Crippen LogP contribution >= 0.6 is 0 Å². The van der Waals surface area contributed by atoms with E-state index in [1.54, 1.807) is 19.2 Å². The second kappa shape index (κ2) is 9.32. The largest absolute Gasteiger partial charge is 0.496 e. The molecule has 0 radical (unpaired) electrons. The van der Waals surface area contributed by atoms with Gasteiger partial charge in [0, 0.05) is 5.56 Å². The molecule has 0 saturated heterocycles. The van der Waals surface area contributed by atoms with Gasteiger partial charge in [0.1, 0.15) is 11.5 Å². The Balaban J connectivity index is 1.75. The number of nitrogens with one attached hydrogen (secondary N) is 2. The molecule has 0 aliphatic carbocycles. The molecule has 2 aromatic rings. The van der Waals surface area contributed by atoms with Gasteiger partial charge in [-0.05, 0) is 25.1 Å². The molecule has 0 saturated carbocycles. The van der Waals surface area contributed by atoms with Crippen LogP contribution in [-0.2, 0) is 9.59 Å². The Kier molecular flexibility index (Phi) is 6.83. The number of carbonyl (C=O) groups excluding carboxylic acids is 2. The SMILES string of the molecule is COc1ccccc1[C@H](C)NC(=O)CNC(=O)COc1ccccc1. The average Bonchev–Trinajstić information content (AvgIpc) is 2.65. The summed E-state index contributed by atoms with van der Waals surface area (Å²) in [5.74, 6) is 0.665. The lowest BCUT2D eigenvalue weighted by Gasteiger charge is -2.17. The van der Waals surface area contributed by atoms with Crippen molar-refractivity contribution in [3.63, 3.8) is 0 Å². The molecule has 6 nitrogen and oxygen atoms in total. The first-order chi connectivity index (χ1) is 12.1. The molecule has 0 heterocycles. The van der Waals surface area contributed by atoms with Crippen LogP contribution in [0.4, 0.5) is 0 Å². The van der Waals surface area contributed by atoms with Gasteiger partial charge in [0.25, 0.3) is 5.91 Å². The zero-order valence-electron chi connectivity index (χ0n) is 14.3. The number of hydrogen-bond acceptors (Lipinski definition) is 4. The van der Waals surface area contributed by atoms with E-state index in [0.29, 0.717) is 11.5 Å². The first-order valence-electron chi connectivity index (χ1n) is 7.97. The minimum Gasteiger partial charge on any atom is -0.496 e. The van der Waals surface area contributed by atoms with Crippen LogP contribution in [0.2, 0.25) is 0 Å². The van der Waals surface area contributed by atoms with Gasteiger partial charge in [-0.1, -0.05) is 36.4 Å². The molecule has 0 unspecified atom stereocenters. The van der Waals surface area contributed by atoms with Crippen molar-refractivity contribution in [1.29, 1.82) is 0 Å². The summed E-state index contributed by atoms with van der Waals surface area (Å²) in [6.45, 7) is 1.60. The summed E-state index contributed by atoms with van der Waals surface area (Å²) in [6, 6.07) is 16.2. The van der Waals surface area contributed by atoms with Crippen LogP contribution in [0, 0.1) is 0 Å². The van der Waals surface area contributed by atoms with Crippen molar-refractivity contribution in [3.8, 4) is 11.5 Å². The second-order valence-corrected chi connectivity index (χ2v) is 5.41. The maximum atomic E-state index is 12.0. The Labute approximate surface area is 147 Å². The summed E-state index contributed by atoms with van der Waals surface area (Å²) in [5, 5.41) is 5.36. The van der Waals surface area contributed by atoms with E-state index in [-0.39, 0.29) is 31.0 Å². The zero-order valence-corrected chi connectivity index (χ0v) is 14.3. The summed E-state index contributed by atoms with van der Waals surface area (Å²) in [7, 11) is 1.58. The Hall–Kier alpha value is -3.02. The summed E-state index contributed by atoms with van der Waals surface area (Å²) in [6.07, 6.45) is 0. The van der Waals surface area contributed by atoms with E-state index in [1.807, 2.05) is 49.4 Å².